The van der Waals surface area contributed by atoms with Crippen LogP contribution < -0.4 is 4.74 Å². The van der Waals surface area contributed by atoms with Gasteiger partial charge in [0.1, 0.15) is 0 Å². The topological polar surface area (TPSA) is 51.7 Å². The lowest BCUT2D eigenvalue weighted by molar-refractivity contribution is -0.136. The molecule has 25 heavy (non-hydrogen) atoms. The molecule has 5 heteroatoms. The minimum atomic E-state index is 0.0544. The zero-order valence-corrected chi connectivity index (χ0v) is 15.2. The monoisotopic (exact) mass is 344 g/mol. The molecule has 0 radical (unpaired) electrons. The molecule has 1 saturated heterocycles. The van der Waals surface area contributed by atoms with Gasteiger partial charge in [0.15, 0.2) is 6.61 Å². The van der Waals surface area contributed by atoms with Crippen LogP contribution >= 0.6 is 0 Å². The molecule has 4 aliphatic rings. The molecule has 2 fully saturated rings. The van der Waals surface area contributed by atoms with Gasteiger partial charge in [-0.3, -0.25) is 4.79 Å². The van der Waals surface area contributed by atoms with Crippen LogP contribution in [0, 0.1) is 12.8 Å². The summed E-state index contributed by atoms with van der Waals surface area (Å²) in [5, 5.41) is 0. The summed E-state index contributed by atoms with van der Waals surface area (Å²) in [6.45, 7) is 5.87. The molecule has 136 valence electrons. The highest BCUT2D eigenvalue weighted by Gasteiger charge is 2.36. The maximum atomic E-state index is 12.7. The van der Waals surface area contributed by atoms with E-state index >= 15 is 0 Å². The van der Waals surface area contributed by atoms with Crippen LogP contribution in [0.4, 0.5) is 0 Å². The Morgan fingerprint density at radius 2 is 2.00 bits per heavy atom. The van der Waals surface area contributed by atoms with E-state index in [1.165, 1.54) is 11.1 Å². The third-order valence-electron chi connectivity index (χ3n) is 6.29. The van der Waals surface area contributed by atoms with Crippen molar-refractivity contribution in [3.8, 4) is 5.88 Å². The van der Waals surface area contributed by atoms with Crippen molar-refractivity contribution in [2.75, 3.05) is 19.8 Å². The molecular weight excluding hydrogens is 316 g/mol. The van der Waals surface area contributed by atoms with Gasteiger partial charge in [-0.15, -0.1) is 0 Å². The fourth-order valence-corrected chi connectivity index (χ4v) is 4.69. The van der Waals surface area contributed by atoms with Gasteiger partial charge < -0.3 is 14.4 Å². The molecule has 2 atom stereocenters. The van der Waals surface area contributed by atoms with Gasteiger partial charge >= 0.3 is 0 Å². The second-order valence-electron chi connectivity index (χ2n) is 7.86. The molecule has 1 aromatic heterocycles. The summed E-state index contributed by atoms with van der Waals surface area (Å²) in [6, 6.07) is 2.22. The Kier molecular flexibility index (Phi) is 4.67. The molecule has 0 aromatic carbocycles. The quantitative estimate of drug-likeness (QED) is 0.726. The van der Waals surface area contributed by atoms with Crippen molar-refractivity contribution in [1.29, 1.82) is 0 Å². The summed E-state index contributed by atoms with van der Waals surface area (Å²) < 4.78 is 12.2. The first-order valence-electron chi connectivity index (χ1n) is 9.63. The highest BCUT2D eigenvalue weighted by atomic mass is 16.5. The Bertz CT molecular complexity index is 640. The van der Waals surface area contributed by atoms with E-state index in [0.29, 0.717) is 30.4 Å². The number of hydrogen-bond donors (Lipinski definition) is 0. The van der Waals surface area contributed by atoms with Crippen LogP contribution in [0.15, 0.2) is 12.3 Å². The molecule has 4 heterocycles. The number of fused-ring (bicyclic) bond motifs is 5. The highest BCUT2D eigenvalue weighted by Crippen LogP contribution is 2.40. The second-order valence-corrected chi connectivity index (χ2v) is 7.86. The molecule has 1 saturated carbocycles. The summed E-state index contributed by atoms with van der Waals surface area (Å²) in [6.07, 6.45) is 7.51. The number of rotatable bonds is 0. The molecule has 0 unspecified atom stereocenters. The van der Waals surface area contributed by atoms with Crippen LogP contribution in [-0.2, 0) is 9.53 Å². The molecule has 0 N–H and O–H groups in total. The smallest absolute Gasteiger partial charge is 0.260 e. The predicted molar refractivity (Wildman–Crippen MR) is 94.7 cm³/mol. The number of hydrogen-bond acceptors (Lipinski definition) is 4. The Morgan fingerprint density at radius 1 is 1.20 bits per heavy atom. The first-order chi connectivity index (χ1) is 12.1. The van der Waals surface area contributed by atoms with Crippen molar-refractivity contribution in [1.82, 2.24) is 9.88 Å². The van der Waals surface area contributed by atoms with E-state index in [1.807, 2.05) is 11.0 Å². The van der Waals surface area contributed by atoms with E-state index in [9.17, 15) is 4.79 Å². The van der Waals surface area contributed by atoms with Gasteiger partial charge in [-0.1, -0.05) is 6.92 Å². The maximum Gasteiger partial charge on any atom is 0.260 e. The van der Waals surface area contributed by atoms with Gasteiger partial charge in [-0.05, 0) is 62.5 Å². The van der Waals surface area contributed by atoms with Crippen LogP contribution in [0.2, 0.25) is 0 Å². The number of ether oxygens (including phenoxy) is 2. The Hall–Kier alpha value is -1.62. The lowest BCUT2D eigenvalue weighted by atomic mass is 9.81. The van der Waals surface area contributed by atoms with E-state index in [0.717, 1.165) is 38.6 Å². The number of nitrogens with zero attached hydrogens (tertiary/aromatic N) is 2. The third-order valence-corrected chi connectivity index (χ3v) is 6.29. The number of amides is 1. The summed E-state index contributed by atoms with van der Waals surface area (Å²) >= 11 is 0. The van der Waals surface area contributed by atoms with Gasteiger partial charge in [0.05, 0.1) is 18.8 Å². The van der Waals surface area contributed by atoms with Gasteiger partial charge in [0.25, 0.3) is 5.91 Å². The first-order valence-corrected chi connectivity index (χ1v) is 9.63. The fraction of sp³-hybridized carbons (Fsp3) is 0.700. The minimum absolute atomic E-state index is 0.0544. The molecular formula is C20H28N2O3. The molecule has 1 amide bonds. The van der Waals surface area contributed by atoms with Crippen LogP contribution in [0.1, 0.15) is 56.1 Å². The first kappa shape index (κ1) is 16.8. The van der Waals surface area contributed by atoms with E-state index < -0.39 is 0 Å². The normalized spacial score (nSPS) is 32.9. The van der Waals surface area contributed by atoms with E-state index in [-0.39, 0.29) is 18.6 Å². The van der Waals surface area contributed by atoms with Gasteiger partial charge in [0.2, 0.25) is 5.88 Å². The van der Waals surface area contributed by atoms with Crippen molar-refractivity contribution >= 4 is 5.91 Å². The lowest BCUT2D eigenvalue weighted by Crippen LogP contribution is -2.43. The van der Waals surface area contributed by atoms with E-state index in [2.05, 4.69) is 18.8 Å². The van der Waals surface area contributed by atoms with Crippen LogP contribution in [0.5, 0.6) is 5.88 Å². The van der Waals surface area contributed by atoms with Crippen molar-refractivity contribution in [2.24, 2.45) is 5.92 Å². The van der Waals surface area contributed by atoms with Crippen LogP contribution in [0.25, 0.3) is 0 Å². The summed E-state index contributed by atoms with van der Waals surface area (Å²) in [5.74, 6) is 1.65. The second kappa shape index (κ2) is 6.94. The fourth-order valence-electron chi connectivity index (χ4n) is 4.69. The standard InChI is InChI=1S/C20H28N2O3/c1-13-8-10-22-17(13)11-24-16-5-3-15(4-6-16)19-14(2)7-9-21-20(19)25-12-18(22)23/h7,9,13,15-17H,3-6,8,10-12H2,1-2H3/t13-,15?,16?,17-/m0/s1. The zero-order valence-electron chi connectivity index (χ0n) is 15.2. The van der Waals surface area contributed by atoms with E-state index in [1.54, 1.807) is 6.20 Å². The molecule has 0 spiro atoms. The number of aryl methyl sites for hydroxylation is 1. The highest BCUT2D eigenvalue weighted by molar-refractivity contribution is 5.78. The van der Waals surface area contributed by atoms with Crippen LogP contribution in [0.3, 0.4) is 0 Å². The Morgan fingerprint density at radius 3 is 2.80 bits per heavy atom. The predicted octanol–water partition coefficient (Wildman–Crippen LogP) is 3.06. The SMILES string of the molecule is Cc1ccnc2c1C1CCC(CC1)OC[C@H]1[C@@H](C)CCN1C(=O)CO2. The van der Waals surface area contributed by atoms with Crippen molar-refractivity contribution in [3.05, 3.63) is 23.4 Å². The number of carbonyl (C=O) groups excluding carboxylic acids is 1. The summed E-state index contributed by atoms with van der Waals surface area (Å²) in [7, 11) is 0. The molecule has 1 aliphatic carbocycles. The Labute approximate surface area is 149 Å². The minimum Gasteiger partial charge on any atom is -0.467 e. The van der Waals surface area contributed by atoms with Gasteiger partial charge in [0, 0.05) is 18.3 Å². The summed E-state index contributed by atoms with van der Waals surface area (Å²) in [4.78, 5) is 19.2. The maximum absolute atomic E-state index is 12.7. The number of pyridine rings is 1. The zero-order chi connectivity index (χ0) is 17.4. The molecule has 5 rings (SSSR count). The van der Waals surface area contributed by atoms with Crippen LogP contribution in [-0.4, -0.2) is 47.7 Å². The average molecular weight is 344 g/mol. The number of aromatic nitrogens is 1. The molecule has 1 aromatic rings. The van der Waals surface area contributed by atoms with Crippen molar-refractivity contribution in [2.45, 2.75) is 64.0 Å². The third kappa shape index (κ3) is 3.26. The average Bonchev–Trinajstić information content (AvgIpc) is 2.99. The lowest BCUT2D eigenvalue weighted by Gasteiger charge is -2.31. The molecule has 3 aliphatic heterocycles. The van der Waals surface area contributed by atoms with Gasteiger partial charge in [-0.2, -0.15) is 0 Å². The van der Waals surface area contributed by atoms with Crippen molar-refractivity contribution < 1.29 is 14.3 Å². The molecule has 2 bridgehead atoms. The van der Waals surface area contributed by atoms with Gasteiger partial charge in [-0.25, -0.2) is 4.98 Å². The van der Waals surface area contributed by atoms with Crippen molar-refractivity contribution in [3.63, 3.8) is 0 Å². The van der Waals surface area contributed by atoms with E-state index in [4.69, 9.17) is 9.47 Å². The number of carbonyl (C=O) groups is 1. The summed E-state index contributed by atoms with van der Waals surface area (Å²) in [5.41, 5.74) is 2.41. The molecule has 5 nitrogen and oxygen atoms in total. The Balaban J connectivity index is 1.64. The largest absolute Gasteiger partial charge is 0.467 e.